The van der Waals surface area contributed by atoms with Crippen LogP contribution in [-0.2, 0) is 4.74 Å². The van der Waals surface area contributed by atoms with Gasteiger partial charge in [0.2, 0.25) is 0 Å². The van der Waals surface area contributed by atoms with Crippen molar-refractivity contribution in [3.63, 3.8) is 0 Å². The number of anilines is 2. The zero-order valence-electron chi connectivity index (χ0n) is 9.99. The van der Waals surface area contributed by atoms with Crippen LogP contribution in [0.4, 0.5) is 20.4 Å². The van der Waals surface area contributed by atoms with Gasteiger partial charge in [0.15, 0.2) is 23.3 Å². The van der Waals surface area contributed by atoms with Crippen LogP contribution in [0.1, 0.15) is 0 Å². The van der Waals surface area contributed by atoms with Gasteiger partial charge < -0.3 is 20.1 Å². The topological polar surface area (TPSA) is 57.6 Å². The van der Waals surface area contributed by atoms with Gasteiger partial charge in [-0.05, 0) is 0 Å². The van der Waals surface area contributed by atoms with Crippen LogP contribution in [0, 0.1) is 11.6 Å². The van der Waals surface area contributed by atoms with Crippen molar-refractivity contribution in [2.24, 2.45) is 0 Å². The molecule has 1 aromatic heterocycles. The van der Waals surface area contributed by atoms with Gasteiger partial charge in [0.1, 0.15) is 0 Å². The highest BCUT2D eigenvalue weighted by Gasteiger charge is 2.27. The molecule has 7 heteroatoms. The maximum Gasteiger partial charge on any atom is 0.168 e. The standard InChI is InChI=1S/C11H15F2N3O2/c1-14-10-8(12)4-9(13)11(15-10)16-2-3-18-6-7(16)5-17/h4,7,17H,2-3,5-6H2,1H3,(H,14,15). The molecule has 5 nitrogen and oxygen atoms in total. The summed E-state index contributed by atoms with van der Waals surface area (Å²) in [5.41, 5.74) is 0. The van der Waals surface area contributed by atoms with Gasteiger partial charge in [-0.2, -0.15) is 0 Å². The lowest BCUT2D eigenvalue weighted by Crippen LogP contribution is -2.48. The zero-order valence-corrected chi connectivity index (χ0v) is 9.99. The largest absolute Gasteiger partial charge is 0.394 e. The van der Waals surface area contributed by atoms with E-state index in [4.69, 9.17) is 4.74 Å². The molecule has 1 aliphatic rings. The van der Waals surface area contributed by atoms with Crippen LogP contribution in [0.15, 0.2) is 6.07 Å². The lowest BCUT2D eigenvalue weighted by atomic mass is 10.2. The summed E-state index contributed by atoms with van der Waals surface area (Å²) in [4.78, 5) is 5.51. The summed E-state index contributed by atoms with van der Waals surface area (Å²) in [5.74, 6) is -1.47. The second-order valence-corrected chi connectivity index (χ2v) is 3.98. The summed E-state index contributed by atoms with van der Waals surface area (Å²) in [6, 6.07) is 0.425. The van der Waals surface area contributed by atoms with E-state index in [0.717, 1.165) is 6.07 Å². The summed E-state index contributed by atoms with van der Waals surface area (Å²) >= 11 is 0. The number of nitrogens with one attached hydrogen (secondary N) is 1. The molecular formula is C11H15F2N3O2. The van der Waals surface area contributed by atoms with E-state index in [-0.39, 0.29) is 24.3 Å². The van der Waals surface area contributed by atoms with Gasteiger partial charge in [0, 0.05) is 19.7 Å². The fraction of sp³-hybridized carbons (Fsp3) is 0.545. The second-order valence-electron chi connectivity index (χ2n) is 3.98. The van der Waals surface area contributed by atoms with Gasteiger partial charge in [-0.25, -0.2) is 13.8 Å². The third-order valence-electron chi connectivity index (χ3n) is 2.86. The second kappa shape index (κ2) is 5.45. The van der Waals surface area contributed by atoms with Crippen LogP contribution in [0.2, 0.25) is 0 Å². The minimum atomic E-state index is -0.744. The molecule has 1 atom stereocenters. The highest BCUT2D eigenvalue weighted by molar-refractivity contribution is 5.50. The van der Waals surface area contributed by atoms with E-state index < -0.39 is 11.6 Å². The van der Waals surface area contributed by atoms with Crippen molar-refractivity contribution in [1.82, 2.24) is 4.98 Å². The average molecular weight is 259 g/mol. The quantitative estimate of drug-likeness (QED) is 0.832. The molecule has 0 amide bonds. The van der Waals surface area contributed by atoms with E-state index in [9.17, 15) is 13.9 Å². The number of pyridine rings is 1. The van der Waals surface area contributed by atoms with Crippen LogP contribution in [-0.4, -0.2) is 49.5 Å². The number of nitrogens with zero attached hydrogens (tertiary/aromatic N) is 2. The van der Waals surface area contributed by atoms with E-state index in [1.165, 1.54) is 7.05 Å². The third kappa shape index (κ3) is 2.37. The lowest BCUT2D eigenvalue weighted by molar-refractivity contribution is 0.0719. The lowest BCUT2D eigenvalue weighted by Gasteiger charge is -2.35. The maximum atomic E-state index is 13.8. The Morgan fingerprint density at radius 2 is 2.33 bits per heavy atom. The molecule has 2 N–H and O–H groups in total. The normalized spacial score (nSPS) is 20.0. The van der Waals surface area contributed by atoms with Crippen molar-refractivity contribution in [1.29, 1.82) is 0 Å². The molecule has 0 aromatic carbocycles. The molecule has 0 spiro atoms. The fourth-order valence-electron chi connectivity index (χ4n) is 1.92. The molecule has 1 saturated heterocycles. The molecule has 0 radical (unpaired) electrons. The summed E-state index contributed by atoms with van der Waals surface area (Å²) in [6.07, 6.45) is 0. The van der Waals surface area contributed by atoms with Crippen molar-refractivity contribution >= 4 is 11.6 Å². The molecule has 1 fully saturated rings. The van der Waals surface area contributed by atoms with Gasteiger partial charge in [0.25, 0.3) is 0 Å². The van der Waals surface area contributed by atoms with Crippen molar-refractivity contribution in [3.05, 3.63) is 17.7 Å². The van der Waals surface area contributed by atoms with Crippen LogP contribution in [0.25, 0.3) is 0 Å². The van der Waals surface area contributed by atoms with Gasteiger partial charge in [-0.3, -0.25) is 0 Å². The van der Waals surface area contributed by atoms with Crippen LogP contribution < -0.4 is 10.2 Å². The number of ether oxygens (including phenoxy) is 1. The number of halogens is 2. The SMILES string of the molecule is CNc1nc(N2CCOCC2CO)c(F)cc1F. The average Bonchev–Trinajstić information content (AvgIpc) is 2.39. The van der Waals surface area contributed by atoms with E-state index >= 15 is 0 Å². The van der Waals surface area contributed by atoms with Crippen molar-refractivity contribution < 1.29 is 18.6 Å². The predicted octanol–water partition coefficient (Wildman–Crippen LogP) is 0.599. The Morgan fingerprint density at radius 3 is 3.00 bits per heavy atom. The monoisotopic (exact) mass is 259 g/mol. The molecule has 0 aliphatic carbocycles. The van der Waals surface area contributed by atoms with Crippen molar-refractivity contribution in [3.8, 4) is 0 Å². The number of hydrogen-bond donors (Lipinski definition) is 2. The highest BCUT2D eigenvalue weighted by atomic mass is 19.1. The number of aliphatic hydroxyl groups excluding tert-OH is 1. The van der Waals surface area contributed by atoms with Crippen LogP contribution >= 0.6 is 0 Å². The Hall–Kier alpha value is -1.47. The minimum Gasteiger partial charge on any atom is -0.394 e. The third-order valence-corrected chi connectivity index (χ3v) is 2.86. The molecule has 100 valence electrons. The van der Waals surface area contributed by atoms with Crippen LogP contribution in [0.3, 0.4) is 0 Å². The van der Waals surface area contributed by atoms with Gasteiger partial charge in [-0.1, -0.05) is 0 Å². The molecule has 2 rings (SSSR count). The summed E-state index contributed by atoms with van der Waals surface area (Å²) < 4.78 is 32.3. The first-order valence-electron chi connectivity index (χ1n) is 5.66. The molecule has 1 unspecified atom stereocenters. The summed E-state index contributed by atoms with van der Waals surface area (Å²) in [6.45, 7) is 0.949. The highest BCUT2D eigenvalue weighted by Crippen LogP contribution is 2.24. The molecule has 1 aliphatic heterocycles. The van der Waals surface area contributed by atoms with E-state index in [2.05, 4.69) is 10.3 Å². The predicted molar refractivity (Wildman–Crippen MR) is 62.7 cm³/mol. The Morgan fingerprint density at radius 1 is 1.56 bits per heavy atom. The summed E-state index contributed by atoms with van der Waals surface area (Å²) in [5, 5.41) is 11.8. The van der Waals surface area contributed by atoms with Gasteiger partial charge in [0.05, 0.1) is 25.9 Å². The van der Waals surface area contributed by atoms with Crippen molar-refractivity contribution in [2.75, 3.05) is 43.6 Å². The Kier molecular flexibility index (Phi) is 3.93. The molecule has 18 heavy (non-hydrogen) atoms. The van der Waals surface area contributed by atoms with Gasteiger partial charge in [-0.15, -0.1) is 0 Å². The Labute approximate surface area is 103 Å². The number of aromatic nitrogens is 1. The molecular weight excluding hydrogens is 244 g/mol. The Balaban J connectivity index is 2.36. The number of rotatable bonds is 3. The van der Waals surface area contributed by atoms with E-state index in [0.29, 0.717) is 19.8 Å². The number of morpholine rings is 1. The first kappa shape index (κ1) is 13.0. The minimum absolute atomic E-state index is 0.0189. The number of aliphatic hydroxyl groups is 1. The molecule has 0 bridgehead atoms. The fourth-order valence-corrected chi connectivity index (χ4v) is 1.92. The van der Waals surface area contributed by atoms with Crippen molar-refractivity contribution in [2.45, 2.75) is 6.04 Å². The molecule has 0 saturated carbocycles. The maximum absolute atomic E-state index is 13.8. The van der Waals surface area contributed by atoms with Gasteiger partial charge >= 0.3 is 0 Å². The van der Waals surface area contributed by atoms with Crippen LogP contribution in [0.5, 0.6) is 0 Å². The summed E-state index contributed by atoms with van der Waals surface area (Å²) in [7, 11) is 1.51. The Bertz CT molecular complexity index is 431. The van der Waals surface area contributed by atoms with E-state index in [1.807, 2.05) is 0 Å². The zero-order chi connectivity index (χ0) is 13.1. The number of hydrogen-bond acceptors (Lipinski definition) is 5. The molecule has 1 aromatic rings. The smallest absolute Gasteiger partial charge is 0.168 e. The molecule has 2 heterocycles. The first-order valence-corrected chi connectivity index (χ1v) is 5.66. The van der Waals surface area contributed by atoms with E-state index in [1.54, 1.807) is 4.90 Å². The first-order chi connectivity index (χ1) is 8.67.